The van der Waals surface area contributed by atoms with Crippen LogP contribution in [0.15, 0.2) is 18.2 Å². The Morgan fingerprint density at radius 1 is 1.32 bits per heavy atom. The minimum atomic E-state index is -1.08. The van der Waals surface area contributed by atoms with Crippen LogP contribution in [0.5, 0.6) is 0 Å². The third kappa shape index (κ3) is 2.82. The first-order chi connectivity index (χ1) is 8.99. The van der Waals surface area contributed by atoms with Gasteiger partial charge in [-0.2, -0.15) is 0 Å². The van der Waals surface area contributed by atoms with Crippen LogP contribution in [0.3, 0.4) is 0 Å². The van der Waals surface area contributed by atoms with Crippen LogP contribution in [0.4, 0.5) is 11.4 Å². The van der Waals surface area contributed by atoms with Gasteiger partial charge in [0.15, 0.2) is 0 Å². The zero-order valence-corrected chi connectivity index (χ0v) is 10.6. The van der Waals surface area contributed by atoms with Gasteiger partial charge in [0, 0.05) is 32.2 Å². The Labute approximate surface area is 110 Å². The number of rotatable bonds is 3. The van der Waals surface area contributed by atoms with E-state index in [1.807, 2.05) is 11.9 Å². The molecule has 2 rings (SSSR count). The monoisotopic (exact) mass is 265 g/mol. The number of likely N-dealkylation sites (N-methyl/N-ethyl adjacent to an activating group) is 1. The number of nitrogens with zero attached hydrogens (tertiary/aromatic N) is 3. The van der Waals surface area contributed by atoms with Gasteiger partial charge in [-0.3, -0.25) is 10.1 Å². The van der Waals surface area contributed by atoms with Gasteiger partial charge in [-0.15, -0.1) is 0 Å². The van der Waals surface area contributed by atoms with E-state index in [0.29, 0.717) is 18.8 Å². The highest BCUT2D eigenvalue weighted by molar-refractivity contribution is 5.90. The van der Waals surface area contributed by atoms with Crippen molar-refractivity contribution >= 4 is 17.3 Å². The molecule has 7 heteroatoms. The highest BCUT2D eigenvalue weighted by Gasteiger charge is 2.23. The first-order valence-electron chi connectivity index (χ1n) is 5.94. The largest absolute Gasteiger partial charge is 0.478 e. The topological polar surface area (TPSA) is 86.9 Å². The third-order valence-electron chi connectivity index (χ3n) is 3.26. The first-order valence-corrected chi connectivity index (χ1v) is 5.94. The number of benzene rings is 1. The predicted octanol–water partition coefficient (Wildman–Crippen LogP) is 1.04. The normalized spacial score (nSPS) is 16.4. The zero-order chi connectivity index (χ0) is 14.0. The van der Waals surface area contributed by atoms with Crippen LogP contribution < -0.4 is 4.90 Å². The fourth-order valence-electron chi connectivity index (χ4n) is 2.11. The molecule has 1 aliphatic heterocycles. The number of carbonyl (C=O) groups is 1. The molecule has 19 heavy (non-hydrogen) atoms. The molecule has 1 aromatic carbocycles. The van der Waals surface area contributed by atoms with Crippen LogP contribution in [-0.4, -0.2) is 54.1 Å². The third-order valence-corrected chi connectivity index (χ3v) is 3.26. The number of hydrogen-bond acceptors (Lipinski definition) is 5. The predicted molar refractivity (Wildman–Crippen MR) is 69.8 cm³/mol. The lowest BCUT2D eigenvalue weighted by Gasteiger charge is -2.33. The number of carboxylic acid groups (broad SMARTS) is 1. The molecular weight excluding hydrogens is 250 g/mol. The Kier molecular flexibility index (Phi) is 3.66. The van der Waals surface area contributed by atoms with Crippen molar-refractivity contribution in [1.82, 2.24) is 4.90 Å². The van der Waals surface area contributed by atoms with Gasteiger partial charge < -0.3 is 14.9 Å². The number of carboxylic acids is 1. The van der Waals surface area contributed by atoms with Crippen LogP contribution >= 0.6 is 0 Å². The molecule has 0 spiro atoms. The summed E-state index contributed by atoms with van der Waals surface area (Å²) >= 11 is 0. The van der Waals surface area contributed by atoms with Crippen molar-refractivity contribution in [2.24, 2.45) is 0 Å². The molecule has 0 aliphatic carbocycles. The molecule has 0 unspecified atom stereocenters. The molecule has 0 aromatic heterocycles. The lowest BCUT2D eigenvalue weighted by atomic mass is 10.1. The fourth-order valence-corrected chi connectivity index (χ4v) is 2.11. The minimum absolute atomic E-state index is 0.0467. The van der Waals surface area contributed by atoms with E-state index in [-0.39, 0.29) is 11.3 Å². The van der Waals surface area contributed by atoms with E-state index in [2.05, 4.69) is 4.90 Å². The highest BCUT2D eigenvalue weighted by Crippen LogP contribution is 2.30. The van der Waals surface area contributed by atoms with Crippen LogP contribution in [0, 0.1) is 10.1 Å². The van der Waals surface area contributed by atoms with Crippen molar-refractivity contribution < 1.29 is 14.8 Å². The van der Waals surface area contributed by atoms with Gasteiger partial charge >= 0.3 is 5.97 Å². The second-order valence-electron chi connectivity index (χ2n) is 4.56. The molecule has 1 heterocycles. The lowest BCUT2D eigenvalue weighted by molar-refractivity contribution is -0.384. The Hall–Kier alpha value is -2.15. The fraction of sp³-hybridized carbons (Fsp3) is 0.417. The van der Waals surface area contributed by atoms with Gasteiger partial charge in [0.2, 0.25) is 0 Å². The Morgan fingerprint density at radius 2 is 1.95 bits per heavy atom. The summed E-state index contributed by atoms with van der Waals surface area (Å²) in [6, 6.07) is 3.91. The summed E-state index contributed by atoms with van der Waals surface area (Å²) < 4.78 is 0. The molecule has 1 saturated heterocycles. The lowest BCUT2D eigenvalue weighted by Crippen LogP contribution is -2.44. The number of piperazine rings is 1. The van der Waals surface area contributed by atoms with Crippen molar-refractivity contribution in [2.75, 3.05) is 38.1 Å². The molecule has 1 aromatic rings. The number of hydrogen-bond donors (Lipinski definition) is 1. The average Bonchev–Trinajstić information content (AvgIpc) is 2.38. The molecule has 0 atom stereocenters. The summed E-state index contributed by atoms with van der Waals surface area (Å²) in [6.07, 6.45) is 0. The zero-order valence-electron chi connectivity index (χ0n) is 10.6. The quantitative estimate of drug-likeness (QED) is 0.649. The van der Waals surface area contributed by atoms with Crippen molar-refractivity contribution in [2.45, 2.75) is 0 Å². The van der Waals surface area contributed by atoms with Gasteiger partial charge in [0.25, 0.3) is 5.69 Å². The summed E-state index contributed by atoms with van der Waals surface area (Å²) in [6.45, 7) is 2.91. The van der Waals surface area contributed by atoms with E-state index in [0.717, 1.165) is 13.1 Å². The van der Waals surface area contributed by atoms with Gasteiger partial charge in [0.1, 0.15) is 5.69 Å². The van der Waals surface area contributed by atoms with E-state index >= 15 is 0 Å². The van der Waals surface area contributed by atoms with E-state index in [4.69, 9.17) is 5.11 Å². The van der Waals surface area contributed by atoms with Crippen molar-refractivity contribution in [3.8, 4) is 0 Å². The molecule has 7 nitrogen and oxygen atoms in total. The van der Waals surface area contributed by atoms with Crippen molar-refractivity contribution in [1.29, 1.82) is 0 Å². The Morgan fingerprint density at radius 3 is 2.47 bits per heavy atom. The van der Waals surface area contributed by atoms with Crippen molar-refractivity contribution in [3.63, 3.8) is 0 Å². The molecule has 102 valence electrons. The maximum atomic E-state index is 11.0. The number of aromatic carboxylic acids is 1. The van der Waals surface area contributed by atoms with Gasteiger partial charge in [-0.1, -0.05) is 0 Å². The summed E-state index contributed by atoms with van der Waals surface area (Å²) in [5.74, 6) is -1.08. The Balaban J connectivity index is 2.37. The summed E-state index contributed by atoms with van der Waals surface area (Å²) in [5, 5.41) is 20.0. The van der Waals surface area contributed by atoms with Crippen LogP contribution in [0.2, 0.25) is 0 Å². The molecule has 1 aliphatic rings. The first kappa shape index (κ1) is 13.3. The smallest absolute Gasteiger partial charge is 0.335 e. The molecule has 1 N–H and O–H groups in total. The molecule has 0 bridgehead atoms. The Bertz CT molecular complexity index is 510. The van der Waals surface area contributed by atoms with Crippen LogP contribution in [0.1, 0.15) is 10.4 Å². The minimum Gasteiger partial charge on any atom is -0.478 e. The van der Waals surface area contributed by atoms with Gasteiger partial charge in [-0.05, 0) is 19.2 Å². The van der Waals surface area contributed by atoms with Gasteiger partial charge in [0.05, 0.1) is 10.5 Å². The van der Waals surface area contributed by atoms with E-state index in [1.54, 1.807) is 0 Å². The number of nitro groups is 1. The molecule has 0 saturated carbocycles. The van der Waals surface area contributed by atoms with Gasteiger partial charge in [-0.25, -0.2) is 4.79 Å². The second-order valence-corrected chi connectivity index (χ2v) is 4.56. The number of anilines is 1. The van der Waals surface area contributed by atoms with Crippen LogP contribution in [-0.2, 0) is 0 Å². The summed E-state index contributed by atoms with van der Waals surface area (Å²) in [5.41, 5.74) is 0.409. The summed E-state index contributed by atoms with van der Waals surface area (Å²) in [4.78, 5) is 25.5. The molecular formula is C12H15N3O4. The second kappa shape index (κ2) is 5.23. The standard InChI is InChI=1S/C12H15N3O4/c1-13-4-6-14(7-5-13)11-8-9(12(16)17)2-3-10(11)15(18)19/h2-3,8H,4-7H2,1H3,(H,16,17). The van der Waals surface area contributed by atoms with Crippen LogP contribution in [0.25, 0.3) is 0 Å². The van der Waals surface area contributed by atoms with E-state index in [9.17, 15) is 14.9 Å². The van der Waals surface area contributed by atoms with E-state index in [1.165, 1.54) is 18.2 Å². The highest BCUT2D eigenvalue weighted by atomic mass is 16.6. The number of nitro benzene ring substituents is 1. The SMILES string of the molecule is CN1CCN(c2cc(C(=O)O)ccc2[N+](=O)[O-])CC1. The van der Waals surface area contributed by atoms with E-state index < -0.39 is 10.9 Å². The molecule has 1 fully saturated rings. The summed E-state index contributed by atoms with van der Waals surface area (Å²) in [7, 11) is 1.99. The molecule has 0 radical (unpaired) electrons. The average molecular weight is 265 g/mol. The van der Waals surface area contributed by atoms with Crippen molar-refractivity contribution in [3.05, 3.63) is 33.9 Å². The maximum absolute atomic E-state index is 11.0. The molecule has 0 amide bonds. The maximum Gasteiger partial charge on any atom is 0.335 e.